The van der Waals surface area contributed by atoms with E-state index in [0.717, 1.165) is 0 Å². The summed E-state index contributed by atoms with van der Waals surface area (Å²) in [7, 11) is 0. The lowest BCUT2D eigenvalue weighted by Crippen LogP contribution is -2.47. The molecule has 1 atom stereocenters. The average Bonchev–Trinajstić information content (AvgIpc) is 2.02. The van der Waals surface area contributed by atoms with Gasteiger partial charge in [0.1, 0.15) is 0 Å². The molecule has 0 saturated heterocycles. The van der Waals surface area contributed by atoms with Crippen LogP contribution in [-0.2, 0) is 4.79 Å². The van der Waals surface area contributed by atoms with Crippen LogP contribution in [0.25, 0.3) is 0 Å². The number of carbonyl (C=O) groups is 2. The Morgan fingerprint density at radius 2 is 2.23 bits per heavy atom. The maximum atomic E-state index is 10.4. The molecule has 0 aromatic rings. The number of primary amides is 1. The van der Waals surface area contributed by atoms with Crippen LogP contribution in [0.4, 0.5) is 4.79 Å². The molecule has 13 heavy (non-hydrogen) atoms. The Kier molecular flexibility index (Phi) is 3.99. The Morgan fingerprint density at radius 3 is 2.54 bits per heavy atom. The monoisotopic (exact) mass is 192 g/mol. The minimum absolute atomic E-state index is 0.297. The molecule has 0 fully saturated rings. The Balaban J connectivity index is 4.27. The molecule has 0 aliphatic heterocycles. The Bertz CT molecular complexity index is 239. The Hall–Kier alpha value is -2.06. The first-order chi connectivity index (χ1) is 5.97. The standard InChI is InChI=1S/C4H8N4O5/c5-4(11)6-2(3(9)10)1-8(13)7-12/h2,12H,1H2,(H,9,10)(H3,5,6,11)/b8-7-. The Labute approximate surface area is 72.0 Å². The van der Waals surface area contributed by atoms with Crippen molar-refractivity contribution in [1.29, 1.82) is 0 Å². The normalized spacial score (nSPS) is 13.4. The molecule has 2 amide bonds. The zero-order valence-corrected chi connectivity index (χ0v) is 6.38. The summed E-state index contributed by atoms with van der Waals surface area (Å²) in [5, 5.41) is 30.6. The average molecular weight is 192 g/mol. The number of aliphatic carboxylic acids is 1. The number of hydrogen-bond donors (Lipinski definition) is 4. The summed E-state index contributed by atoms with van der Waals surface area (Å²) in [4.78, 5) is 20.2. The van der Waals surface area contributed by atoms with Crippen molar-refractivity contribution in [2.24, 2.45) is 11.0 Å². The van der Waals surface area contributed by atoms with Crippen LogP contribution in [-0.4, -0.2) is 39.8 Å². The van der Waals surface area contributed by atoms with E-state index in [1.807, 2.05) is 0 Å². The molecular weight excluding hydrogens is 184 g/mol. The lowest BCUT2D eigenvalue weighted by molar-refractivity contribution is -0.556. The zero-order valence-electron chi connectivity index (χ0n) is 6.38. The molecule has 1 unspecified atom stereocenters. The molecule has 0 saturated carbocycles. The van der Waals surface area contributed by atoms with Crippen LogP contribution in [0.2, 0.25) is 0 Å². The zero-order chi connectivity index (χ0) is 10.4. The van der Waals surface area contributed by atoms with Gasteiger partial charge in [0.2, 0.25) is 6.54 Å². The minimum atomic E-state index is -1.51. The van der Waals surface area contributed by atoms with Crippen LogP contribution in [0.5, 0.6) is 0 Å². The number of nitrogens with two attached hydrogens (primary N) is 1. The molecule has 0 heterocycles. The maximum Gasteiger partial charge on any atom is 0.333 e. The van der Waals surface area contributed by atoms with E-state index < -0.39 is 24.6 Å². The lowest BCUT2D eigenvalue weighted by atomic mass is 10.3. The summed E-state index contributed by atoms with van der Waals surface area (Å²) < 4.78 is 0. The van der Waals surface area contributed by atoms with Crippen LogP contribution in [0.15, 0.2) is 5.28 Å². The number of nitrogens with one attached hydrogen (secondary N) is 1. The molecule has 0 aliphatic carbocycles. The maximum absolute atomic E-state index is 10.4. The number of carboxylic acid groups (broad SMARTS) is 1. The highest BCUT2D eigenvalue weighted by molar-refractivity contribution is 5.81. The summed E-state index contributed by atoms with van der Waals surface area (Å²) in [5.41, 5.74) is 4.62. The van der Waals surface area contributed by atoms with Gasteiger partial charge in [0.15, 0.2) is 11.3 Å². The van der Waals surface area contributed by atoms with Crippen molar-refractivity contribution in [2.75, 3.05) is 6.54 Å². The molecular formula is C4H8N4O5. The third kappa shape index (κ3) is 4.40. The number of nitrogens with zero attached hydrogens (tertiary/aromatic N) is 2. The molecule has 0 spiro atoms. The SMILES string of the molecule is NC(=O)NC(C/[N+]([O-])=N/O)C(=O)O. The number of carbonyl (C=O) groups excluding carboxylic acids is 1. The van der Waals surface area contributed by atoms with Crippen molar-refractivity contribution in [3.8, 4) is 0 Å². The summed E-state index contributed by atoms with van der Waals surface area (Å²) in [6.45, 7) is -0.727. The van der Waals surface area contributed by atoms with E-state index in [1.54, 1.807) is 5.32 Å². The molecule has 74 valence electrons. The van der Waals surface area contributed by atoms with E-state index in [-0.39, 0.29) is 4.86 Å². The van der Waals surface area contributed by atoms with E-state index in [0.29, 0.717) is 0 Å². The number of urea groups is 1. The van der Waals surface area contributed by atoms with Gasteiger partial charge >= 0.3 is 12.0 Å². The summed E-state index contributed by atoms with van der Waals surface area (Å²) in [6, 6.07) is -2.59. The van der Waals surface area contributed by atoms with Crippen LogP contribution in [0.3, 0.4) is 0 Å². The van der Waals surface area contributed by atoms with Gasteiger partial charge in [0, 0.05) is 0 Å². The molecule has 0 rings (SSSR count). The largest absolute Gasteiger partial charge is 0.597 e. The van der Waals surface area contributed by atoms with Crippen molar-refractivity contribution in [2.45, 2.75) is 6.04 Å². The second-order valence-corrected chi connectivity index (χ2v) is 2.02. The minimum Gasteiger partial charge on any atom is -0.597 e. The smallest absolute Gasteiger partial charge is 0.333 e. The van der Waals surface area contributed by atoms with Crippen molar-refractivity contribution < 1.29 is 24.8 Å². The van der Waals surface area contributed by atoms with Gasteiger partial charge in [-0.25, -0.2) is 9.59 Å². The van der Waals surface area contributed by atoms with Crippen LogP contribution in [0, 0.1) is 5.21 Å². The third-order valence-electron chi connectivity index (χ3n) is 1.05. The Morgan fingerprint density at radius 1 is 1.69 bits per heavy atom. The quantitative estimate of drug-likeness (QED) is 0.241. The number of carboxylic acids is 1. The van der Waals surface area contributed by atoms with Crippen molar-refractivity contribution in [3.63, 3.8) is 0 Å². The predicted molar refractivity (Wildman–Crippen MR) is 36.9 cm³/mol. The van der Waals surface area contributed by atoms with Crippen LogP contribution < -0.4 is 11.1 Å². The molecule has 9 heteroatoms. The molecule has 5 N–H and O–H groups in total. The van der Waals surface area contributed by atoms with Crippen LogP contribution in [0.1, 0.15) is 0 Å². The van der Waals surface area contributed by atoms with Gasteiger partial charge in [0.05, 0.1) is 0 Å². The highest BCUT2D eigenvalue weighted by atomic mass is 16.6. The third-order valence-corrected chi connectivity index (χ3v) is 1.05. The summed E-state index contributed by atoms with van der Waals surface area (Å²) in [5.74, 6) is -1.46. The van der Waals surface area contributed by atoms with Gasteiger partial charge in [-0.15, -0.1) is 0 Å². The van der Waals surface area contributed by atoms with Crippen molar-refractivity contribution in [1.82, 2.24) is 5.32 Å². The van der Waals surface area contributed by atoms with Gasteiger partial charge in [-0.3, -0.25) is 0 Å². The summed E-state index contributed by atoms with van der Waals surface area (Å²) in [6.07, 6.45) is 0. The van der Waals surface area contributed by atoms with Gasteiger partial charge in [0.25, 0.3) is 0 Å². The van der Waals surface area contributed by atoms with Crippen molar-refractivity contribution >= 4 is 12.0 Å². The van der Waals surface area contributed by atoms with Crippen LogP contribution >= 0.6 is 0 Å². The van der Waals surface area contributed by atoms with E-state index in [1.165, 1.54) is 0 Å². The predicted octanol–water partition coefficient (Wildman–Crippen LogP) is -1.54. The van der Waals surface area contributed by atoms with Gasteiger partial charge < -0.3 is 26.6 Å². The van der Waals surface area contributed by atoms with Gasteiger partial charge in [-0.2, -0.15) is 0 Å². The fourth-order valence-electron chi connectivity index (χ4n) is 0.550. The molecule has 0 aromatic carbocycles. The fraction of sp³-hybridized carbons (Fsp3) is 0.500. The molecule has 0 aliphatic rings. The number of hydroxylamine groups is 1. The molecule has 9 nitrogen and oxygen atoms in total. The van der Waals surface area contributed by atoms with Gasteiger partial charge in [-0.1, -0.05) is 4.86 Å². The summed E-state index contributed by atoms with van der Waals surface area (Å²) >= 11 is 0. The van der Waals surface area contributed by atoms with Gasteiger partial charge in [-0.05, 0) is 0 Å². The molecule has 0 radical (unpaired) electrons. The second kappa shape index (κ2) is 4.74. The van der Waals surface area contributed by atoms with E-state index in [2.05, 4.69) is 11.0 Å². The van der Waals surface area contributed by atoms with E-state index >= 15 is 0 Å². The first-order valence-corrected chi connectivity index (χ1v) is 3.05. The van der Waals surface area contributed by atoms with Crippen molar-refractivity contribution in [3.05, 3.63) is 5.21 Å². The highest BCUT2D eigenvalue weighted by Gasteiger charge is 2.23. The number of hydrogen-bond acceptors (Lipinski definition) is 4. The molecule has 0 bridgehead atoms. The fourth-order valence-corrected chi connectivity index (χ4v) is 0.550. The first kappa shape index (κ1) is 10.9. The highest BCUT2D eigenvalue weighted by Crippen LogP contribution is 1.86. The topological polar surface area (TPSA) is 151 Å². The van der Waals surface area contributed by atoms with E-state index in [9.17, 15) is 14.8 Å². The number of rotatable bonds is 4. The first-order valence-electron chi connectivity index (χ1n) is 3.05. The molecule has 0 aromatic heterocycles. The van der Waals surface area contributed by atoms with E-state index in [4.69, 9.17) is 10.3 Å². The second-order valence-electron chi connectivity index (χ2n) is 2.02. The lowest BCUT2D eigenvalue weighted by Gasteiger charge is -2.09. The number of amides is 2.